The van der Waals surface area contributed by atoms with Gasteiger partial charge in [-0.05, 0) is 12.5 Å². The maximum absolute atomic E-state index is 4.61. The topological polar surface area (TPSA) is 64.5 Å². The van der Waals surface area contributed by atoms with Crippen LogP contribution in [0.1, 0.15) is 5.56 Å². The summed E-state index contributed by atoms with van der Waals surface area (Å²) in [5.74, 6) is 1.98. The highest BCUT2D eigenvalue weighted by atomic mass is 15.0. The van der Waals surface area contributed by atoms with Gasteiger partial charge in [0, 0.05) is 34.6 Å². The molecule has 3 aromatic carbocycles. The average Bonchev–Trinajstić information content (AvgIpc) is 2.85. The molecule has 0 fully saturated rings. The molecule has 5 aromatic rings. The van der Waals surface area contributed by atoms with Crippen LogP contribution in [0.25, 0.3) is 45.3 Å². The molecule has 5 nitrogen and oxygen atoms in total. The lowest BCUT2D eigenvalue weighted by Crippen LogP contribution is -1.95. The normalized spacial score (nSPS) is 10.7. The van der Waals surface area contributed by atoms with Gasteiger partial charge in [0.25, 0.3) is 0 Å². The fourth-order valence-electron chi connectivity index (χ4n) is 3.38. The van der Waals surface area contributed by atoms with Crippen LogP contribution >= 0.6 is 0 Å². The van der Waals surface area contributed by atoms with Gasteiger partial charge < -0.3 is 0 Å². The van der Waals surface area contributed by atoms with Gasteiger partial charge in [0.05, 0.1) is 0 Å². The van der Waals surface area contributed by atoms with Crippen LogP contribution in [0.4, 0.5) is 0 Å². The fourth-order valence-corrected chi connectivity index (χ4v) is 3.38. The van der Waals surface area contributed by atoms with E-state index in [0.29, 0.717) is 17.5 Å². The van der Waals surface area contributed by atoms with Crippen molar-refractivity contribution in [2.75, 3.05) is 0 Å². The highest BCUT2D eigenvalue weighted by Crippen LogP contribution is 2.24. The largest absolute Gasteiger partial charge is 0.236 e. The summed E-state index contributed by atoms with van der Waals surface area (Å²) in [6.07, 6.45) is 5.28. The zero-order valence-electron chi connectivity index (χ0n) is 17.0. The second-order valence-corrected chi connectivity index (χ2v) is 7.24. The van der Waals surface area contributed by atoms with Crippen molar-refractivity contribution >= 4 is 0 Å². The Morgan fingerprint density at radius 1 is 0.484 bits per heavy atom. The van der Waals surface area contributed by atoms with Crippen molar-refractivity contribution in [3.05, 3.63) is 103 Å². The highest BCUT2D eigenvalue weighted by molar-refractivity contribution is 5.67. The molecule has 5 heteroatoms. The molecule has 148 valence electrons. The number of hydrogen-bond acceptors (Lipinski definition) is 5. The number of rotatable bonds is 4. The van der Waals surface area contributed by atoms with Crippen LogP contribution in [-0.4, -0.2) is 24.9 Å². The number of hydrogen-bond donors (Lipinski definition) is 0. The molecular weight excluding hydrogens is 382 g/mol. The van der Waals surface area contributed by atoms with E-state index in [9.17, 15) is 0 Å². The summed E-state index contributed by atoms with van der Waals surface area (Å²) in [6, 6.07) is 26.2. The van der Waals surface area contributed by atoms with Crippen molar-refractivity contribution in [3.8, 4) is 45.3 Å². The first kappa shape index (κ1) is 18.8. The van der Waals surface area contributed by atoms with Crippen molar-refractivity contribution < 1.29 is 0 Å². The van der Waals surface area contributed by atoms with Gasteiger partial charge in [-0.3, -0.25) is 0 Å². The Bertz CT molecular complexity index is 1310. The van der Waals surface area contributed by atoms with E-state index in [0.717, 1.165) is 27.8 Å². The fraction of sp³-hybridized carbons (Fsp3) is 0.0385. The molecule has 5 rings (SSSR count). The first-order valence-electron chi connectivity index (χ1n) is 10.0. The van der Waals surface area contributed by atoms with Crippen LogP contribution in [0, 0.1) is 6.92 Å². The number of aryl methyl sites for hydroxylation is 1. The molecule has 0 unspecified atom stereocenters. The molecule has 0 saturated carbocycles. The molecule has 0 saturated heterocycles. The predicted molar refractivity (Wildman–Crippen MR) is 122 cm³/mol. The Labute approximate surface area is 180 Å². The summed E-state index contributed by atoms with van der Waals surface area (Å²) in [4.78, 5) is 22.4. The van der Waals surface area contributed by atoms with Crippen LogP contribution < -0.4 is 0 Å². The van der Waals surface area contributed by atoms with Crippen LogP contribution in [0.15, 0.2) is 97.6 Å². The van der Waals surface area contributed by atoms with Gasteiger partial charge in [-0.15, -0.1) is 0 Å². The zero-order chi connectivity index (χ0) is 21.0. The van der Waals surface area contributed by atoms with E-state index in [2.05, 4.69) is 50.0 Å². The summed E-state index contributed by atoms with van der Waals surface area (Å²) in [5.41, 5.74) is 6.15. The molecule has 0 radical (unpaired) electrons. The van der Waals surface area contributed by atoms with E-state index in [1.807, 2.05) is 73.1 Å². The van der Waals surface area contributed by atoms with Gasteiger partial charge in [0.15, 0.2) is 17.5 Å². The second-order valence-electron chi connectivity index (χ2n) is 7.24. The monoisotopic (exact) mass is 401 g/mol. The van der Waals surface area contributed by atoms with E-state index >= 15 is 0 Å². The second kappa shape index (κ2) is 8.24. The Hall–Kier alpha value is -4.25. The lowest BCUT2D eigenvalue weighted by Gasteiger charge is -2.06. The molecule has 0 aliphatic rings. The van der Waals surface area contributed by atoms with Gasteiger partial charge in [-0.1, -0.05) is 84.4 Å². The number of benzene rings is 3. The Kier molecular flexibility index (Phi) is 4.99. The Morgan fingerprint density at radius 3 is 1.71 bits per heavy atom. The molecule has 0 N–H and O–H groups in total. The minimum atomic E-state index is 0.635. The molecule has 0 aliphatic carbocycles. The first-order valence-corrected chi connectivity index (χ1v) is 10.0. The molecule has 0 atom stereocenters. The maximum atomic E-state index is 4.61. The molecule has 0 bridgehead atoms. The predicted octanol–water partition coefficient (Wildman–Crippen LogP) is 5.64. The van der Waals surface area contributed by atoms with Crippen molar-refractivity contribution in [1.29, 1.82) is 0 Å². The summed E-state index contributed by atoms with van der Waals surface area (Å²) in [7, 11) is 0. The SMILES string of the molecule is Cc1cccc(-c2cnc(-c3ccc(-c4ncnc(-c5ccccc5)n4)cc3)nc2)c1. The average molecular weight is 401 g/mol. The van der Waals surface area contributed by atoms with Gasteiger partial charge in [0.1, 0.15) is 6.33 Å². The van der Waals surface area contributed by atoms with Gasteiger partial charge in [0.2, 0.25) is 0 Å². The Balaban J connectivity index is 1.39. The third kappa shape index (κ3) is 4.07. The van der Waals surface area contributed by atoms with E-state index in [4.69, 9.17) is 0 Å². The summed E-state index contributed by atoms with van der Waals surface area (Å²) < 4.78 is 0. The first-order chi connectivity index (χ1) is 15.3. The van der Waals surface area contributed by atoms with Crippen molar-refractivity contribution in [2.45, 2.75) is 6.92 Å². The highest BCUT2D eigenvalue weighted by Gasteiger charge is 2.08. The van der Waals surface area contributed by atoms with Gasteiger partial charge >= 0.3 is 0 Å². The smallest absolute Gasteiger partial charge is 0.163 e. The van der Waals surface area contributed by atoms with E-state index < -0.39 is 0 Å². The molecule has 2 heterocycles. The van der Waals surface area contributed by atoms with Gasteiger partial charge in [-0.2, -0.15) is 0 Å². The van der Waals surface area contributed by atoms with Crippen LogP contribution in [0.5, 0.6) is 0 Å². The molecule has 0 amide bonds. The maximum Gasteiger partial charge on any atom is 0.163 e. The van der Waals surface area contributed by atoms with E-state index in [1.54, 1.807) is 6.33 Å². The summed E-state index contributed by atoms with van der Waals surface area (Å²) >= 11 is 0. The standard InChI is InChI=1S/C26H19N5/c1-18-6-5-9-22(14-18)23-15-27-24(28-16-23)20-10-12-21(13-11-20)26-30-17-29-25(31-26)19-7-3-2-4-8-19/h2-17H,1H3. The molecule has 31 heavy (non-hydrogen) atoms. The minimum absolute atomic E-state index is 0.635. The minimum Gasteiger partial charge on any atom is -0.236 e. The lowest BCUT2D eigenvalue weighted by atomic mass is 10.1. The molecule has 0 spiro atoms. The lowest BCUT2D eigenvalue weighted by molar-refractivity contribution is 1.06. The van der Waals surface area contributed by atoms with Crippen molar-refractivity contribution in [3.63, 3.8) is 0 Å². The van der Waals surface area contributed by atoms with Crippen LogP contribution in [0.3, 0.4) is 0 Å². The molecule has 0 aliphatic heterocycles. The third-order valence-corrected chi connectivity index (χ3v) is 5.01. The summed E-state index contributed by atoms with van der Waals surface area (Å²) in [6.45, 7) is 2.08. The number of nitrogens with zero attached hydrogens (tertiary/aromatic N) is 5. The summed E-state index contributed by atoms with van der Waals surface area (Å²) in [5, 5.41) is 0. The quantitative estimate of drug-likeness (QED) is 0.390. The Morgan fingerprint density at radius 2 is 1.06 bits per heavy atom. The van der Waals surface area contributed by atoms with Crippen molar-refractivity contribution in [1.82, 2.24) is 24.9 Å². The van der Waals surface area contributed by atoms with Crippen LogP contribution in [-0.2, 0) is 0 Å². The van der Waals surface area contributed by atoms with Crippen molar-refractivity contribution in [2.24, 2.45) is 0 Å². The number of aromatic nitrogens is 5. The molecular formula is C26H19N5. The van der Waals surface area contributed by atoms with Gasteiger partial charge in [-0.25, -0.2) is 24.9 Å². The van der Waals surface area contributed by atoms with E-state index in [-0.39, 0.29) is 0 Å². The third-order valence-electron chi connectivity index (χ3n) is 5.01. The zero-order valence-corrected chi connectivity index (χ0v) is 17.0. The van der Waals surface area contributed by atoms with E-state index in [1.165, 1.54) is 5.56 Å². The molecule has 2 aromatic heterocycles. The van der Waals surface area contributed by atoms with Crippen LogP contribution in [0.2, 0.25) is 0 Å².